The zero-order valence-corrected chi connectivity index (χ0v) is 16.4. The van der Waals surface area contributed by atoms with E-state index in [4.69, 9.17) is 5.11 Å². The Balaban J connectivity index is 3.30. The molecule has 6 nitrogen and oxygen atoms in total. The monoisotopic (exact) mass is 371 g/mol. The van der Waals surface area contributed by atoms with Gasteiger partial charge in [-0.1, -0.05) is 84.0 Å². The summed E-state index contributed by atoms with van der Waals surface area (Å²) in [5.41, 5.74) is 0. The summed E-state index contributed by atoms with van der Waals surface area (Å²) in [5, 5.41) is 10.8. The van der Waals surface area contributed by atoms with Crippen molar-refractivity contribution in [2.75, 3.05) is 13.1 Å². The Labute approximate surface area is 158 Å². The molecular formula is C20H37NO5. The molecule has 26 heavy (non-hydrogen) atoms. The number of unbranched alkanes of at least 4 members (excludes halogenated alkanes) is 12. The minimum absolute atomic E-state index is 0.239. The van der Waals surface area contributed by atoms with Crippen molar-refractivity contribution in [1.82, 2.24) is 5.32 Å². The lowest BCUT2D eigenvalue weighted by atomic mass is 10.0. The van der Waals surface area contributed by atoms with Gasteiger partial charge >= 0.3 is 17.9 Å². The van der Waals surface area contributed by atoms with E-state index in [1.165, 1.54) is 64.2 Å². The van der Waals surface area contributed by atoms with Crippen molar-refractivity contribution < 1.29 is 24.2 Å². The minimum Gasteiger partial charge on any atom is -0.480 e. The summed E-state index contributed by atoms with van der Waals surface area (Å²) in [5.74, 6) is -2.32. The molecule has 0 atom stereocenters. The predicted octanol–water partition coefficient (Wildman–Crippen LogP) is 4.21. The quantitative estimate of drug-likeness (QED) is 0.213. The molecule has 0 radical (unpaired) electrons. The van der Waals surface area contributed by atoms with Crippen molar-refractivity contribution in [1.29, 1.82) is 0 Å². The molecule has 152 valence electrons. The van der Waals surface area contributed by atoms with Crippen molar-refractivity contribution in [3.05, 3.63) is 0 Å². The molecule has 0 fully saturated rings. The van der Waals surface area contributed by atoms with E-state index in [-0.39, 0.29) is 19.5 Å². The predicted molar refractivity (Wildman–Crippen MR) is 102 cm³/mol. The average Bonchev–Trinajstić information content (AvgIpc) is 2.58. The number of nitrogens with one attached hydrogen (secondary N) is 1. The molecule has 0 unspecified atom stereocenters. The Morgan fingerprint density at radius 3 is 1.62 bits per heavy atom. The van der Waals surface area contributed by atoms with Crippen LogP contribution in [0.25, 0.3) is 0 Å². The van der Waals surface area contributed by atoms with Crippen molar-refractivity contribution in [2.45, 2.75) is 96.8 Å². The van der Waals surface area contributed by atoms with Gasteiger partial charge < -0.3 is 9.84 Å². The van der Waals surface area contributed by atoms with E-state index in [1.54, 1.807) is 0 Å². The summed E-state index contributed by atoms with van der Waals surface area (Å²) in [6.07, 6.45) is 16.3. The Morgan fingerprint density at radius 2 is 1.15 bits per heavy atom. The zero-order chi connectivity index (χ0) is 19.5. The summed E-state index contributed by atoms with van der Waals surface area (Å²) in [4.78, 5) is 33.0. The average molecular weight is 372 g/mol. The highest BCUT2D eigenvalue weighted by molar-refractivity contribution is 5.86. The lowest BCUT2D eigenvalue weighted by Gasteiger charge is -2.04. The van der Waals surface area contributed by atoms with E-state index < -0.39 is 17.9 Å². The zero-order valence-electron chi connectivity index (χ0n) is 16.4. The molecular weight excluding hydrogens is 334 g/mol. The van der Waals surface area contributed by atoms with Crippen LogP contribution in [-0.2, 0) is 19.1 Å². The standard InChI is InChI=1S/C20H37NO5/c1-2-3-4-5-6-7-8-9-10-11-12-13-14-15-19(24)26-20(25)17-21-16-18(22)23/h21H,2-17H2,1H3,(H,22,23). The van der Waals surface area contributed by atoms with Gasteiger partial charge in [0.05, 0.1) is 13.1 Å². The van der Waals surface area contributed by atoms with Gasteiger partial charge in [-0.25, -0.2) is 0 Å². The Morgan fingerprint density at radius 1 is 0.692 bits per heavy atom. The molecule has 2 N–H and O–H groups in total. The number of hydrogen-bond acceptors (Lipinski definition) is 5. The van der Waals surface area contributed by atoms with Gasteiger partial charge in [0.1, 0.15) is 0 Å². The van der Waals surface area contributed by atoms with Gasteiger partial charge in [-0.15, -0.1) is 0 Å². The van der Waals surface area contributed by atoms with Gasteiger partial charge in [-0.3, -0.25) is 19.7 Å². The minimum atomic E-state index is -1.06. The highest BCUT2D eigenvalue weighted by Crippen LogP contribution is 2.13. The second-order valence-corrected chi connectivity index (χ2v) is 6.84. The first kappa shape index (κ1) is 24.6. The van der Waals surface area contributed by atoms with Crippen LogP contribution in [0.4, 0.5) is 0 Å². The molecule has 0 saturated carbocycles. The maximum Gasteiger partial charge on any atom is 0.327 e. The van der Waals surface area contributed by atoms with Crippen molar-refractivity contribution in [3.8, 4) is 0 Å². The number of rotatable bonds is 18. The molecule has 0 aromatic rings. The Hall–Kier alpha value is -1.43. The van der Waals surface area contributed by atoms with Gasteiger partial charge in [-0.05, 0) is 6.42 Å². The third kappa shape index (κ3) is 18.9. The van der Waals surface area contributed by atoms with Gasteiger partial charge in [0.15, 0.2) is 0 Å². The van der Waals surface area contributed by atoms with E-state index in [0.717, 1.165) is 19.3 Å². The third-order valence-electron chi connectivity index (χ3n) is 4.26. The maximum atomic E-state index is 11.5. The van der Waals surface area contributed by atoms with Crippen molar-refractivity contribution in [2.24, 2.45) is 0 Å². The van der Waals surface area contributed by atoms with Crippen LogP contribution in [0.3, 0.4) is 0 Å². The lowest BCUT2D eigenvalue weighted by Crippen LogP contribution is -2.30. The summed E-state index contributed by atoms with van der Waals surface area (Å²) in [6, 6.07) is 0. The first-order valence-corrected chi connectivity index (χ1v) is 10.2. The van der Waals surface area contributed by atoms with Gasteiger partial charge in [0.25, 0.3) is 0 Å². The van der Waals surface area contributed by atoms with Gasteiger partial charge in [0.2, 0.25) is 0 Å². The van der Waals surface area contributed by atoms with Crippen molar-refractivity contribution >= 4 is 17.9 Å². The summed E-state index contributed by atoms with van der Waals surface area (Å²) < 4.78 is 4.61. The second kappa shape index (κ2) is 18.4. The number of carboxylic acids is 1. The SMILES string of the molecule is CCCCCCCCCCCCCCCC(=O)OC(=O)CNCC(=O)O. The van der Waals surface area contributed by atoms with Gasteiger partial charge in [0, 0.05) is 6.42 Å². The van der Waals surface area contributed by atoms with Crippen LogP contribution >= 0.6 is 0 Å². The fraction of sp³-hybridized carbons (Fsp3) is 0.850. The molecule has 0 aromatic heterocycles. The van der Waals surface area contributed by atoms with Crippen molar-refractivity contribution in [3.63, 3.8) is 0 Å². The topological polar surface area (TPSA) is 92.7 Å². The summed E-state index contributed by atoms with van der Waals surface area (Å²) in [6.45, 7) is 1.64. The van der Waals surface area contributed by atoms with Crippen LogP contribution in [0.2, 0.25) is 0 Å². The van der Waals surface area contributed by atoms with E-state index >= 15 is 0 Å². The van der Waals surface area contributed by atoms with E-state index in [9.17, 15) is 14.4 Å². The number of carbonyl (C=O) groups excluding carboxylic acids is 2. The normalized spacial score (nSPS) is 10.7. The number of carbonyl (C=O) groups is 3. The first-order valence-electron chi connectivity index (χ1n) is 10.2. The largest absolute Gasteiger partial charge is 0.480 e. The first-order chi connectivity index (χ1) is 12.6. The molecule has 6 heteroatoms. The van der Waals surface area contributed by atoms with Crippen LogP contribution in [-0.4, -0.2) is 36.1 Å². The highest BCUT2D eigenvalue weighted by atomic mass is 16.6. The van der Waals surface area contributed by atoms with Crippen LogP contribution < -0.4 is 5.32 Å². The number of ether oxygens (including phenoxy) is 1. The number of hydrogen-bond donors (Lipinski definition) is 2. The smallest absolute Gasteiger partial charge is 0.327 e. The summed E-state index contributed by atoms with van der Waals surface area (Å²) in [7, 11) is 0. The van der Waals surface area contributed by atoms with Gasteiger partial charge in [-0.2, -0.15) is 0 Å². The molecule has 0 bridgehead atoms. The van der Waals surface area contributed by atoms with Crippen LogP contribution in [0.1, 0.15) is 96.8 Å². The van der Waals surface area contributed by atoms with Crippen LogP contribution in [0.15, 0.2) is 0 Å². The summed E-state index contributed by atoms with van der Waals surface area (Å²) >= 11 is 0. The Kier molecular flexibility index (Phi) is 17.4. The number of carboxylic acid groups (broad SMARTS) is 1. The van der Waals surface area contributed by atoms with E-state index in [2.05, 4.69) is 17.0 Å². The molecule has 0 spiro atoms. The molecule has 0 aliphatic carbocycles. The molecule has 0 aliphatic rings. The number of esters is 2. The molecule has 0 rings (SSSR count). The maximum absolute atomic E-state index is 11.5. The second-order valence-electron chi connectivity index (χ2n) is 6.84. The molecule has 0 heterocycles. The number of aliphatic carboxylic acids is 1. The molecule has 0 aromatic carbocycles. The fourth-order valence-electron chi connectivity index (χ4n) is 2.77. The Bertz CT molecular complexity index is 384. The molecule has 0 aliphatic heterocycles. The van der Waals surface area contributed by atoms with E-state index in [1.807, 2.05) is 0 Å². The highest BCUT2D eigenvalue weighted by Gasteiger charge is 2.10. The molecule has 0 amide bonds. The van der Waals surface area contributed by atoms with E-state index in [0.29, 0.717) is 0 Å². The lowest BCUT2D eigenvalue weighted by molar-refractivity contribution is -0.159. The fourth-order valence-corrected chi connectivity index (χ4v) is 2.77. The third-order valence-corrected chi connectivity index (χ3v) is 4.26. The van der Waals surface area contributed by atoms with Crippen LogP contribution in [0, 0.1) is 0 Å². The molecule has 0 saturated heterocycles. The van der Waals surface area contributed by atoms with Crippen LogP contribution in [0.5, 0.6) is 0 Å².